The van der Waals surface area contributed by atoms with Crippen molar-refractivity contribution in [3.05, 3.63) is 86.4 Å². The Morgan fingerprint density at radius 1 is 1.03 bits per heavy atom. The third-order valence-corrected chi connectivity index (χ3v) is 5.93. The average Bonchev–Trinajstić information content (AvgIpc) is 3.39. The number of benzene rings is 2. The van der Waals surface area contributed by atoms with E-state index in [0.717, 1.165) is 16.8 Å². The number of aromatic nitrogens is 1. The maximum Gasteiger partial charge on any atom is 0.134 e. The van der Waals surface area contributed by atoms with E-state index in [-0.39, 0.29) is 0 Å². The molecule has 0 bridgehead atoms. The van der Waals surface area contributed by atoms with Gasteiger partial charge in [0, 0.05) is 22.6 Å². The van der Waals surface area contributed by atoms with Gasteiger partial charge in [0.15, 0.2) is 0 Å². The zero-order valence-electron chi connectivity index (χ0n) is 15.3. The largest absolute Gasteiger partial charge is 0.457 e. The highest BCUT2D eigenvalue weighted by atomic mass is 35.5. The fraction of sp³-hybridized carbons (Fsp3) is 0.0435. The molecule has 0 aliphatic carbocycles. The number of hydrogen-bond acceptors (Lipinski definition) is 4. The van der Waals surface area contributed by atoms with E-state index in [1.807, 2.05) is 54.8 Å². The smallest absolute Gasteiger partial charge is 0.134 e. The van der Waals surface area contributed by atoms with Gasteiger partial charge in [-0.2, -0.15) is 5.26 Å². The van der Waals surface area contributed by atoms with Crippen molar-refractivity contribution >= 4 is 46.2 Å². The molecule has 0 saturated carbocycles. The van der Waals surface area contributed by atoms with Crippen LogP contribution in [-0.2, 0) is 0 Å². The molecule has 0 aliphatic heterocycles. The van der Waals surface area contributed by atoms with Gasteiger partial charge in [0.2, 0.25) is 0 Å². The number of furan rings is 1. The van der Waals surface area contributed by atoms with Crippen LogP contribution in [0.3, 0.4) is 0 Å². The number of nitriles is 1. The summed E-state index contributed by atoms with van der Waals surface area (Å²) in [6.07, 6.45) is 1.69. The first-order chi connectivity index (χ1) is 14.0. The summed E-state index contributed by atoms with van der Waals surface area (Å²) in [5.41, 5.74) is 4.33. The average molecular weight is 437 g/mol. The molecule has 0 saturated heterocycles. The lowest BCUT2D eigenvalue weighted by molar-refractivity contribution is 0.572. The zero-order chi connectivity index (χ0) is 20.4. The Kier molecular flexibility index (Phi) is 5.55. The normalized spacial score (nSPS) is 11.4. The molecule has 2 aromatic heterocycles. The van der Waals surface area contributed by atoms with Gasteiger partial charge in [-0.3, -0.25) is 0 Å². The van der Waals surface area contributed by atoms with Crippen LogP contribution in [0.2, 0.25) is 10.0 Å². The first-order valence-electron chi connectivity index (χ1n) is 8.73. The zero-order valence-corrected chi connectivity index (χ0v) is 17.6. The standard InChI is InChI=1S/C23H14Cl2N2OS/c1-14-2-4-15(5-3-14)21-13-29-23(27-21)17(12-26)10-18-7-9-22(28-18)16-6-8-19(24)20(25)11-16/h2-11,13H,1H3. The second kappa shape index (κ2) is 8.26. The molecule has 29 heavy (non-hydrogen) atoms. The molecular weight excluding hydrogens is 423 g/mol. The van der Waals surface area contributed by atoms with E-state index in [2.05, 4.69) is 11.1 Å². The number of aryl methyl sites for hydroxylation is 1. The molecule has 0 N–H and O–H groups in total. The van der Waals surface area contributed by atoms with Crippen molar-refractivity contribution in [1.82, 2.24) is 4.98 Å². The van der Waals surface area contributed by atoms with Crippen LogP contribution in [0.4, 0.5) is 0 Å². The van der Waals surface area contributed by atoms with Gasteiger partial charge < -0.3 is 4.42 Å². The quantitative estimate of drug-likeness (QED) is 0.307. The maximum absolute atomic E-state index is 9.62. The topological polar surface area (TPSA) is 49.8 Å². The molecular formula is C23H14Cl2N2OS. The summed E-state index contributed by atoms with van der Waals surface area (Å²) >= 11 is 13.5. The van der Waals surface area contributed by atoms with E-state index in [1.54, 1.807) is 18.2 Å². The number of thiazole rings is 1. The molecule has 0 fully saturated rings. The summed E-state index contributed by atoms with van der Waals surface area (Å²) in [4.78, 5) is 4.62. The molecule has 2 aromatic carbocycles. The summed E-state index contributed by atoms with van der Waals surface area (Å²) in [6.45, 7) is 2.04. The van der Waals surface area contributed by atoms with Gasteiger partial charge in [0.1, 0.15) is 22.6 Å². The monoisotopic (exact) mass is 436 g/mol. The van der Waals surface area contributed by atoms with Crippen LogP contribution in [0.1, 0.15) is 16.3 Å². The van der Waals surface area contributed by atoms with Crippen molar-refractivity contribution in [2.45, 2.75) is 6.92 Å². The number of rotatable bonds is 4. The number of halogens is 2. The molecule has 142 valence electrons. The summed E-state index contributed by atoms with van der Waals surface area (Å²) in [7, 11) is 0. The minimum atomic E-state index is 0.448. The lowest BCUT2D eigenvalue weighted by atomic mass is 10.1. The van der Waals surface area contributed by atoms with E-state index in [0.29, 0.717) is 32.1 Å². The highest BCUT2D eigenvalue weighted by Gasteiger charge is 2.11. The first-order valence-corrected chi connectivity index (χ1v) is 10.4. The Labute approximate surface area is 182 Å². The van der Waals surface area contributed by atoms with Crippen molar-refractivity contribution in [1.29, 1.82) is 5.26 Å². The summed E-state index contributed by atoms with van der Waals surface area (Å²) in [6, 6.07) is 19.3. The van der Waals surface area contributed by atoms with Crippen LogP contribution in [0, 0.1) is 18.3 Å². The first kappa shape index (κ1) is 19.5. The molecule has 0 aliphatic rings. The maximum atomic E-state index is 9.62. The van der Waals surface area contributed by atoms with Crippen molar-refractivity contribution in [2.75, 3.05) is 0 Å². The lowest BCUT2D eigenvalue weighted by Crippen LogP contribution is -1.82. The molecule has 0 spiro atoms. The number of nitrogens with zero attached hydrogens (tertiary/aromatic N) is 2. The van der Waals surface area contributed by atoms with Crippen molar-refractivity contribution in [2.24, 2.45) is 0 Å². The molecule has 3 nitrogen and oxygen atoms in total. The van der Waals surface area contributed by atoms with Crippen LogP contribution >= 0.6 is 34.5 Å². The van der Waals surface area contributed by atoms with E-state index in [9.17, 15) is 5.26 Å². The predicted molar refractivity (Wildman–Crippen MR) is 120 cm³/mol. The Hall–Kier alpha value is -2.84. The second-order valence-corrected chi connectivity index (χ2v) is 8.08. The predicted octanol–water partition coefficient (Wildman–Crippen LogP) is 7.75. The molecule has 4 aromatic rings. The fourth-order valence-electron chi connectivity index (χ4n) is 2.77. The Balaban J connectivity index is 1.62. The van der Waals surface area contributed by atoms with Crippen molar-refractivity contribution in [3.8, 4) is 28.7 Å². The van der Waals surface area contributed by atoms with Crippen LogP contribution in [0.5, 0.6) is 0 Å². The van der Waals surface area contributed by atoms with Crippen LogP contribution in [-0.4, -0.2) is 4.98 Å². The highest BCUT2D eigenvalue weighted by molar-refractivity contribution is 7.11. The van der Waals surface area contributed by atoms with Gasteiger partial charge in [-0.05, 0) is 37.3 Å². The van der Waals surface area contributed by atoms with Gasteiger partial charge >= 0.3 is 0 Å². The number of allylic oxidation sites excluding steroid dienone is 1. The van der Waals surface area contributed by atoms with Gasteiger partial charge in [0.25, 0.3) is 0 Å². The Morgan fingerprint density at radius 3 is 2.52 bits per heavy atom. The minimum absolute atomic E-state index is 0.448. The third-order valence-electron chi connectivity index (χ3n) is 4.32. The van der Waals surface area contributed by atoms with E-state index < -0.39 is 0 Å². The van der Waals surface area contributed by atoms with E-state index in [4.69, 9.17) is 27.6 Å². The van der Waals surface area contributed by atoms with Crippen LogP contribution in [0.15, 0.2) is 64.4 Å². The minimum Gasteiger partial charge on any atom is -0.457 e. The Morgan fingerprint density at radius 2 is 1.79 bits per heavy atom. The van der Waals surface area contributed by atoms with Crippen molar-refractivity contribution < 1.29 is 4.42 Å². The lowest BCUT2D eigenvalue weighted by Gasteiger charge is -1.99. The summed E-state index contributed by atoms with van der Waals surface area (Å²) in [5, 5.41) is 13.2. The molecule has 0 unspecified atom stereocenters. The third kappa shape index (κ3) is 4.28. The van der Waals surface area contributed by atoms with Gasteiger partial charge in [-0.1, -0.05) is 53.0 Å². The highest BCUT2D eigenvalue weighted by Crippen LogP contribution is 2.31. The van der Waals surface area contributed by atoms with E-state index >= 15 is 0 Å². The number of hydrogen-bond donors (Lipinski definition) is 0. The summed E-state index contributed by atoms with van der Waals surface area (Å²) in [5.74, 6) is 1.21. The molecule has 4 rings (SSSR count). The molecule has 0 amide bonds. The van der Waals surface area contributed by atoms with Gasteiger partial charge in [0.05, 0.1) is 21.3 Å². The fourth-order valence-corrected chi connectivity index (χ4v) is 3.87. The SMILES string of the molecule is Cc1ccc(-c2csc(C(C#N)=Cc3ccc(-c4ccc(Cl)c(Cl)c4)o3)n2)cc1. The molecule has 6 heteroatoms. The van der Waals surface area contributed by atoms with Crippen LogP contribution in [0.25, 0.3) is 34.2 Å². The molecule has 0 atom stereocenters. The molecule has 2 heterocycles. The molecule has 0 radical (unpaired) electrons. The summed E-state index contributed by atoms with van der Waals surface area (Å²) < 4.78 is 5.87. The van der Waals surface area contributed by atoms with Crippen LogP contribution < -0.4 is 0 Å². The van der Waals surface area contributed by atoms with E-state index in [1.165, 1.54) is 16.9 Å². The Bertz CT molecular complexity index is 1250. The second-order valence-electron chi connectivity index (χ2n) is 6.40. The van der Waals surface area contributed by atoms with Gasteiger partial charge in [-0.25, -0.2) is 4.98 Å². The van der Waals surface area contributed by atoms with Gasteiger partial charge in [-0.15, -0.1) is 11.3 Å². The van der Waals surface area contributed by atoms with Crippen molar-refractivity contribution in [3.63, 3.8) is 0 Å².